The molecule has 2 saturated carbocycles. The van der Waals surface area contributed by atoms with Gasteiger partial charge in [-0.3, -0.25) is 9.59 Å². The Balaban J connectivity index is 1.68. The van der Waals surface area contributed by atoms with Gasteiger partial charge < -0.3 is 9.76 Å². The van der Waals surface area contributed by atoms with Crippen molar-refractivity contribution in [3.8, 4) is 0 Å². The van der Waals surface area contributed by atoms with E-state index in [4.69, 9.17) is 4.65 Å². The Hall–Kier alpha value is -0.765. The summed E-state index contributed by atoms with van der Waals surface area (Å²) < 4.78 is 5.30. The maximum absolute atomic E-state index is 12.8. The largest absolute Gasteiger partial charge is 0.428 e. The first-order valence-corrected chi connectivity index (χ1v) is 11.1. The van der Waals surface area contributed by atoms with E-state index in [1.54, 1.807) is 0 Å². The van der Waals surface area contributed by atoms with Crippen LogP contribution in [-0.4, -0.2) is 36.1 Å². The van der Waals surface area contributed by atoms with Gasteiger partial charge in [-0.2, -0.15) is 0 Å². The van der Waals surface area contributed by atoms with Crippen LogP contribution in [-0.2, 0) is 14.2 Å². The summed E-state index contributed by atoms with van der Waals surface area (Å²) in [5.41, 5.74) is 1.03. The van der Waals surface area contributed by atoms with Crippen molar-refractivity contribution in [3.05, 3.63) is 23.3 Å². The number of carbonyl (C=O) groups is 2. The van der Waals surface area contributed by atoms with Gasteiger partial charge in [-0.1, -0.05) is 31.1 Å². The molecule has 0 bridgehead atoms. The van der Waals surface area contributed by atoms with E-state index in [2.05, 4.69) is 29.0 Å². The number of aliphatic hydroxyl groups is 1. The van der Waals surface area contributed by atoms with E-state index in [0.717, 1.165) is 32.1 Å². The monoisotopic (exact) mass is 388 g/mol. The number of ketones is 2. The van der Waals surface area contributed by atoms with Crippen LogP contribution < -0.4 is 0 Å². The Kier molecular flexibility index (Phi) is 4.81. The van der Waals surface area contributed by atoms with Crippen molar-refractivity contribution >= 4 is 27.9 Å². The van der Waals surface area contributed by atoms with Crippen LogP contribution in [0.3, 0.4) is 0 Å². The van der Waals surface area contributed by atoms with Gasteiger partial charge in [0.05, 0.1) is 6.61 Å². The van der Waals surface area contributed by atoms with Gasteiger partial charge in [-0.15, -0.1) is 9.12 Å². The van der Waals surface area contributed by atoms with E-state index < -0.39 is 11.0 Å². The lowest BCUT2D eigenvalue weighted by atomic mass is 9.50. The molecule has 1 N–H and O–H groups in total. The normalized spacial score (nSPS) is 43.2. The number of Topliss-reactive ketones (excluding diaryl/α,β-unsaturated/α-hetero) is 1. The molecule has 0 heterocycles. The van der Waals surface area contributed by atoms with Crippen LogP contribution in [0, 0.1) is 22.7 Å². The molecule has 0 radical (unpaired) electrons. The van der Waals surface area contributed by atoms with Gasteiger partial charge in [0.1, 0.15) is 5.60 Å². The maximum Gasteiger partial charge on any atom is 0.297 e. The van der Waals surface area contributed by atoms with Crippen LogP contribution >= 0.6 is 9.12 Å². The molecule has 4 rings (SSSR count). The molecule has 2 fully saturated rings. The van der Waals surface area contributed by atoms with Crippen LogP contribution in [0.25, 0.3) is 0 Å². The van der Waals surface area contributed by atoms with Crippen LogP contribution in [0.5, 0.6) is 0 Å². The molecule has 0 saturated heterocycles. The Morgan fingerprint density at radius 1 is 1.33 bits per heavy atom. The van der Waals surface area contributed by atoms with Gasteiger partial charge in [0.15, 0.2) is 11.6 Å². The molecule has 4 aliphatic rings. The SMILES string of the molecule is C[C@]12CCC(=O)C=C1CC[C@@H]1C2=CC[C@@]2(C)[C@H]1CC[C@]2(O)C(=O)COBP. The average Bonchev–Trinajstić information content (AvgIpc) is 2.92. The van der Waals surface area contributed by atoms with Crippen molar-refractivity contribution in [2.45, 2.75) is 64.4 Å². The lowest BCUT2D eigenvalue weighted by molar-refractivity contribution is -0.154. The molecule has 0 amide bonds. The van der Waals surface area contributed by atoms with E-state index in [1.807, 2.05) is 6.08 Å². The number of rotatable bonds is 4. The first kappa shape index (κ1) is 19.5. The maximum atomic E-state index is 12.8. The van der Waals surface area contributed by atoms with Crippen molar-refractivity contribution in [1.82, 2.24) is 0 Å². The van der Waals surface area contributed by atoms with Crippen molar-refractivity contribution in [2.24, 2.45) is 22.7 Å². The molecule has 0 aromatic heterocycles. The number of hydrogen-bond donors (Lipinski definition) is 1. The molecule has 6 heteroatoms. The first-order chi connectivity index (χ1) is 12.8. The Morgan fingerprint density at radius 3 is 2.85 bits per heavy atom. The predicted molar refractivity (Wildman–Crippen MR) is 109 cm³/mol. The summed E-state index contributed by atoms with van der Waals surface area (Å²) in [6.45, 7) is 4.38. The molecule has 4 nitrogen and oxygen atoms in total. The summed E-state index contributed by atoms with van der Waals surface area (Å²) >= 11 is 0. The lowest BCUT2D eigenvalue weighted by Crippen LogP contribution is -2.55. The molecule has 6 atom stereocenters. The van der Waals surface area contributed by atoms with Gasteiger partial charge in [0, 0.05) is 17.3 Å². The summed E-state index contributed by atoms with van der Waals surface area (Å²) in [5, 5.41) is 11.4. The summed E-state index contributed by atoms with van der Waals surface area (Å²) in [6.07, 6.45) is 9.84. The fraction of sp³-hybridized carbons (Fsp3) is 0.714. The molecular formula is C21H30BO4P. The Labute approximate surface area is 164 Å². The third kappa shape index (κ3) is 2.68. The van der Waals surface area contributed by atoms with Crippen molar-refractivity contribution in [1.29, 1.82) is 0 Å². The molecule has 0 aromatic rings. The highest BCUT2D eigenvalue weighted by atomic mass is 31.0. The zero-order valence-electron chi connectivity index (χ0n) is 16.4. The highest BCUT2D eigenvalue weighted by Crippen LogP contribution is 2.65. The lowest BCUT2D eigenvalue weighted by Gasteiger charge is -2.54. The van der Waals surface area contributed by atoms with Gasteiger partial charge in [0.2, 0.25) is 0 Å². The molecule has 0 aromatic carbocycles. The number of fused-ring (bicyclic) bond motifs is 5. The fourth-order valence-electron chi connectivity index (χ4n) is 6.60. The molecule has 1 unspecified atom stereocenters. The van der Waals surface area contributed by atoms with Crippen molar-refractivity contribution in [3.63, 3.8) is 0 Å². The van der Waals surface area contributed by atoms with E-state index >= 15 is 0 Å². The minimum atomic E-state index is -1.29. The molecule has 27 heavy (non-hydrogen) atoms. The zero-order chi connectivity index (χ0) is 19.4. The van der Waals surface area contributed by atoms with E-state index in [0.29, 0.717) is 31.9 Å². The van der Waals surface area contributed by atoms with Gasteiger partial charge in [0.25, 0.3) is 7.20 Å². The second kappa shape index (κ2) is 6.64. The highest BCUT2D eigenvalue weighted by Gasteiger charge is 2.64. The first-order valence-electron chi connectivity index (χ1n) is 10.2. The topological polar surface area (TPSA) is 63.6 Å². The molecular weight excluding hydrogens is 358 g/mol. The van der Waals surface area contributed by atoms with Gasteiger partial charge in [-0.05, 0) is 56.4 Å². The minimum Gasteiger partial charge on any atom is -0.428 e. The van der Waals surface area contributed by atoms with Gasteiger partial charge in [-0.25, -0.2) is 0 Å². The number of hydrogen-bond acceptors (Lipinski definition) is 4. The quantitative estimate of drug-likeness (QED) is 0.457. The van der Waals surface area contributed by atoms with Crippen LogP contribution in [0.2, 0.25) is 0 Å². The van der Waals surface area contributed by atoms with E-state index in [-0.39, 0.29) is 23.6 Å². The second-order valence-corrected chi connectivity index (χ2v) is 9.67. The third-order valence-electron chi connectivity index (χ3n) is 8.30. The predicted octanol–water partition coefficient (Wildman–Crippen LogP) is 2.90. The molecule has 0 aliphatic heterocycles. The Morgan fingerprint density at radius 2 is 2.11 bits per heavy atom. The molecule has 4 aliphatic carbocycles. The summed E-state index contributed by atoms with van der Waals surface area (Å²) in [5.74, 6) is 0.816. The summed E-state index contributed by atoms with van der Waals surface area (Å²) in [7, 11) is 2.86. The second-order valence-electron chi connectivity index (χ2n) is 9.34. The smallest absolute Gasteiger partial charge is 0.297 e. The minimum absolute atomic E-state index is 0.00852. The summed E-state index contributed by atoms with van der Waals surface area (Å²) in [6, 6.07) is 0. The van der Waals surface area contributed by atoms with Crippen LogP contribution in [0.1, 0.15) is 58.8 Å². The van der Waals surface area contributed by atoms with E-state index in [1.165, 1.54) is 11.1 Å². The van der Waals surface area contributed by atoms with Gasteiger partial charge >= 0.3 is 0 Å². The molecule has 146 valence electrons. The van der Waals surface area contributed by atoms with Crippen molar-refractivity contribution in [2.75, 3.05) is 6.61 Å². The Bertz CT molecular complexity index is 746. The standard InChI is InChI=1S/C21H30BO4P/c1-19-8-5-14(23)11-13(19)3-4-15-16(19)6-9-20(2)17(15)7-10-21(20,25)18(24)12-26-22-27/h6,11,15,17,22,25H,3-5,7-10,12,27H2,1-2H3/t15-,17+,19+,20+,21+/m1/s1. The fourth-order valence-corrected chi connectivity index (χ4v) is 6.72. The zero-order valence-corrected chi connectivity index (χ0v) is 17.6. The summed E-state index contributed by atoms with van der Waals surface area (Å²) in [4.78, 5) is 24.7. The highest BCUT2D eigenvalue weighted by molar-refractivity contribution is 7.54. The van der Waals surface area contributed by atoms with Crippen LogP contribution in [0.4, 0.5) is 0 Å². The van der Waals surface area contributed by atoms with E-state index in [9.17, 15) is 14.7 Å². The van der Waals surface area contributed by atoms with Crippen molar-refractivity contribution < 1.29 is 19.3 Å². The average molecular weight is 388 g/mol. The van der Waals surface area contributed by atoms with Crippen LogP contribution in [0.15, 0.2) is 23.3 Å². The third-order valence-corrected chi connectivity index (χ3v) is 8.54. The number of allylic oxidation sites excluding steroid dienone is 4. The molecule has 0 spiro atoms. The number of carbonyl (C=O) groups excluding carboxylic acids is 2.